The van der Waals surface area contributed by atoms with E-state index in [0.717, 1.165) is 42.2 Å². The highest BCUT2D eigenvalue weighted by molar-refractivity contribution is 5.86. The molecule has 1 heterocycles. The van der Waals surface area contributed by atoms with Crippen molar-refractivity contribution in [2.75, 3.05) is 14.1 Å². The average Bonchev–Trinajstić information content (AvgIpc) is 2.42. The molecule has 20 heavy (non-hydrogen) atoms. The summed E-state index contributed by atoms with van der Waals surface area (Å²) in [4.78, 5) is 14.1. The number of rotatable bonds is 2. The minimum Gasteiger partial charge on any atom is -0.507 e. The Labute approximate surface area is 117 Å². The Kier molecular flexibility index (Phi) is 3.26. The molecule has 0 amide bonds. The highest BCUT2D eigenvalue weighted by Crippen LogP contribution is 2.32. The molecule has 0 unspecified atom stereocenters. The van der Waals surface area contributed by atoms with E-state index >= 15 is 0 Å². The summed E-state index contributed by atoms with van der Waals surface area (Å²) < 4.78 is 5.53. The fourth-order valence-corrected chi connectivity index (χ4v) is 3.02. The summed E-state index contributed by atoms with van der Waals surface area (Å²) in [6.07, 6.45) is 3.88. The minimum absolute atomic E-state index is 0.185. The van der Waals surface area contributed by atoms with E-state index in [4.69, 9.17) is 4.42 Å². The van der Waals surface area contributed by atoms with Crippen LogP contribution in [-0.4, -0.2) is 24.1 Å². The average molecular weight is 273 g/mol. The smallest absolute Gasteiger partial charge is 0.339 e. The molecule has 1 aromatic carbocycles. The quantitative estimate of drug-likeness (QED) is 0.854. The molecule has 0 atom stereocenters. The first-order valence-electron chi connectivity index (χ1n) is 7.02. The summed E-state index contributed by atoms with van der Waals surface area (Å²) in [5.74, 6) is 0.185. The third-order valence-corrected chi connectivity index (χ3v) is 3.94. The predicted octanol–water partition coefficient (Wildman–Crippen LogP) is 2.44. The second-order valence-corrected chi connectivity index (χ2v) is 5.73. The van der Waals surface area contributed by atoms with E-state index < -0.39 is 0 Å². The van der Waals surface area contributed by atoms with Gasteiger partial charge in [0.15, 0.2) is 0 Å². The Morgan fingerprint density at radius 2 is 1.90 bits per heavy atom. The number of fused-ring (bicyclic) bond motifs is 3. The number of hydrogen-bond donors (Lipinski definition) is 1. The van der Waals surface area contributed by atoms with Crippen molar-refractivity contribution in [3.63, 3.8) is 0 Å². The lowest BCUT2D eigenvalue weighted by Crippen LogP contribution is -2.17. The summed E-state index contributed by atoms with van der Waals surface area (Å²) in [7, 11) is 3.85. The van der Waals surface area contributed by atoms with Crippen molar-refractivity contribution in [3.05, 3.63) is 39.2 Å². The zero-order chi connectivity index (χ0) is 14.3. The van der Waals surface area contributed by atoms with Gasteiger partial charge in [0.25, 0.3) is 0 Å². The number of phenolic OH excluding ortho intramolecular Hbond substituents is 1. The summed E-state index contributed by atoms with van der Waals surface area (Å²) in [5, 5.41) is 11.0. The molecular formula is C16H19NO3. The number of hydrogen-bond acceptors (Lipinski definition) is 4. The van der Waals surface area contributed by atoms with Gasteiger partial charge in [0.1, 0.15) is 11.3 Å². The summed E-state index contributed by atoms with van der Waals surface area (Å²) in [6, 6.07) is 3.58. The SMILES string of the molecule is CN(C)Cc1c(O)ccc2c3c(c(=O)oc12)CCCC3. The molecule has 0 bridgehead atoms. The molecule has 0 fully saturated rings. The molecule has 1 aromatic heterocycles. The summed E-state index contributed by atoms with van der Waals surface area (Å²) in [6.45, 7) is 0.547. The van der Waals surface area contributed by atoms with E-state index in [2.05, 4.69) is 0 Å². The number of nitrogens with zero attached hydrogens (tertiary/aromatic N) is 1. The normalized spacial score (nSPS) is 14.8. The van der Waals surface area contributed by atoms with E-state index in [0.29, 0.717) is 17.7 Å². The number of aryl methyl sites for hydroxylation is 1. The fraction of sp³-hybridized carbons (Fsp3) is 0.438. The van der Waals surface area contributed by atoms with E-state index in [1.807, 2.05) is 25.1 Å². The second-order valence-electron chi connectivity index (χ2n) is 5.73. The summed E-state index contributed by atoms with van der Waals surface area (Å²) >= 11 is 0. The van der Waals surface area contributed by atoms with Crippen molar-refractivity contribution in [3.8, 4) is 5.75 Å². The van der Waals surface area contributed by atoms with Crippen LogP contribution >= 0.6 is 0 Å². The molecule has 0 aliphatic heterocycles. The Bertz CT molecular complexity index is 716. The standard InChI is InChI=1S/C16H19NO3/c1-17(2)9-13-14(18)8-7-11-10-5-3-4-6-12(10)16(19)20-15(11)13/h7-8,18H,3-6,9H2,1-2H3. The van der Waals surface area contributed by atoms with Crippen LogP contribution < -0.4 is 5.63 Å². The Morgan fingerprint density at radius 1 is 1.20 bits per heavy atom. The molecule has 3 rings (SSSR count). The van der Waals surface area contributed by atoms with Crippen LogP contribution in [0.3, 0.4) is 0 Å². The lowest BCUT2D eigenvalue weighted by molar-refractivity contribution is 0.383. The third-order valence-electron chi connectivity index (χ3n) is 3.94. The van der Waals surface area contributed by atoms with Crippen molar-refractivity contribution in [1.29, 1.82) is 0 Å². The number of benzene rings is 1. The van der Waals surface area contributed by atoms with Gasteiger partial charge in [-0.1, -0.05) is 0 Å². The van der Waals surface area contributed by atoms with Crippen molar-refractivity contribution in [1.82, 2.24) is 4.90 Å². The van der Waals surface area contributed by atoms with Crippen molar-refractivity contribution >= 4 is 11.0 Å². The molecule has 0 radical (unpaired) electrons. The molecule has 0 saturated heterocycles. The zero-order valence-electron chi connectivity index (χ0n) is 11.9. The van der Waals surface area contributed by atoms with Crippen LogP contribution in [0, 0.1) is 0 Å². The monoisotopic (exact) mass is 273 g/mol. The first kappa shape index (κ1) is 13.2. The van der Waals surface area contributed by atoms with Gasteiger partial charge in [-0.25, -0.2) is 4.79 Å². The topological polar surface area (TPSA) is 53.7 Å². The van der Waals surface area contributed by atoms with Crippen LogP contribution in [0.4, 0.5) is 0 Å². The van der Waals surface area contributed by atoms with Crippen LogP contribution in [0.5, 0.6) is 5.75 Å². The van der Waals surface area contributed by atoms with Gasteiger partial charge in [0.05, 0.1) is 5.56 Å². The molecule has 0 saturated carbocycles. The Balaban J connectivity index is 2.33. The molecule has 1 aliphatic carbocycles. The van der Waals surface area contributed by atoms with Gasteiger partial charge in [-0.15, -0.1) is 0 Å². The van der Waals surface area contributed by atoms with Crippen LogP contribution in [0.25, 0.3) is 11.0 Å². The minimum atomic E-state index is -0.238. The van der Waals surface area contributed by atoms with Gasteiger partial charge >= 0.3 is 5.63 Å². The highest BCUT2D eigenvalue weighted by atomic mass is 16.4. The molecule has 4 heteroatoms. The van der Waals surface area contributed by atoms with Gasteiger partial charge in [0.2, 0.25) is 0 Å². The van der Waals surface area contributed by atoms with Crippen LogP contribution in [-0.2, 0) is 19.4 Å². The highest BCUT2D eigenvalue weighted by Gasteiger charge is 2.20. The van der Waals surface area contributed by atoms with Gasteiger partial charge in [-0.05, 0) is 57.5 Å². The van der Waals surface area contributed by atoms with E-state index in [1.54, 1.807) is 6.07 Å². The second kappa shape index (κ2) is 4.94. The van der Waals surface area contributed by atoms with Crippen molar-refractivity contribution in [2.45, 2.75) is 32.2 Å². The third kappa shape index (κ3) is 2.10. The first-order valence-corrected chi connectivity index (χ1v) is 7.02. The predicted molar refractivity (Wildman–Crippen MR) is 78.2 cm³/mol. The van der Waals surface area contributed by atoms with Gasteiger partial charge in [-0.3, -0.25) is 0 Å². The number of phenols is 1. The Hall–Kier alpha value is -1.81. The molecule has 1 N–H and O–H groups in total. The largest absolute Gasteiger partial charge is 0.507 e. The lowest BCUT2D eigenvalue weighted by Gasteiger charge is -2.18. The maximum absolute atomic E-state index is 12.2. The molecule has 1 aliphatic rings. The molecule has 106 valence electrons. The fourth-order valence-electron chi connectivity index (χ4n) is 3.02. The maximum atomic E-state index is 12.2. The maximum Gasteiger partial charge on any atom is 0.339 e. The van der Waals surface area contributed by atoms with Crippen LogP contribution in [0.2, 0.25) is 0 Å². The zero-order valence-corrected chi connectivity index (χ0v) is 11.9. The van der Waals surface area contributed by atoms with Crippen LogP contribution in [0.15, 0.2) is 21.3 Å². The first-order chi connectivity index (χ1) is 9.58. The van der Waals surface area contributed by atoms with Crippen molar-refractivity contribution < 1.29 is 9.52 Å². The van der Waals surface area contributed by atoms with Gasteiger partial charge in [-0.2, -0.15) is 0 Å². The van der Waals surface area contributed by atoms with Crippen molar-refractivity contribution in [2.24, 2.45) is 0 Å². The molecule has 2 aromatic rings. The van der Waals surface area contributed by atoms with Gasteiger partial charge in [0, 0.05) is 17.5 Å². The lowest BCUT2D eigenvalue weighted by atomic mass is 9.90. The molecule has 4 nitrogen and oxygen atoms in total. The summed E-state index contributed by atoms with van der Waals surface area (Å²) in [5.41, 5.74) is 2.94. The molecule has 0 spiro atoms. The van der Waals surface area contributed by atoms with E-state index in [9.17, 15) is 9.90 Å². The number of aromatic hydroxyl groups is 1. The van der Waals surface area contributed by atoms with E-state index in [-0.39, 0.29) is 11.4 Å². The van der Waals surface area contributed by atoms with E-state index in [1.165, 1.54) is 0 Å². The Morgan fingerprint density at radius 3 is 2.60 bits per heavy atom. The molecular weight excluding hydrogens is 254 g/mol. The van der Waals surface area contributed by atoms with Crippen LogP contribution in [0.1, 0.15) is 29.5 Å². The van der Waals surface area contributed by atoms with Gasteiger partial charge < -0.3 is 14.4 Å².